The molecule has 0 spiro atoms. The van der Waals surface area contributed by atoms with E-state index in [1.807, 2.05) is 48.2 Å². The average Bonchev–Trinajstić information content (AvgIpc) is 3.38. The number of phenols is 1. The number of para-hydroxylation sites is 1. The van der Waals surface area contributed by atoms with Gasteiger partial charge in [-0.15, -0.1) is 0 Å². The topological polar surface area (TPSA) is 78.5 Å². The normalized spacial score (nSPS) is 15.0. The molecule has 1 amide bonds. The van der Waals surface area contributed by atoms with Crippen molar-refractivity contribution in [2.45, 2.75) is 19.4 Å². The zero-order chi connectivity index (χ0) is 22.9. The molecule has 1 atom stereocenters. The molecule has 33 heavy (non-hydrogen) atoms. The average molecular weight is 440 g/mol. The van der Waals surface area contributed by atoms with Crippen molar-refractivity contribution in [3.05, 3.63) is 101 Å². The van der Waals surface area contributed by atoms with E-state index in [4.69, 9.17) is 4.74 Å². The summed E-state index contributed by atoms with van der Waals surface area (Å²) < 4.78 is 5.25. The molecule has 1 aliphatic heterocycles. The SMILES string of the molecule is COc1ccc(CCN2C(=O)c3[nH]nc(-c4ccccc4O)c3[C@@H]2c2ccc(C)cc2)cc1. The number of phenolic OH excluding ortho intramolecular Hbond substituents is 1. The van der Waals surface area contributed by atoms with Gasteiger partial charge in [-0.2, -0.15) is 5.10 Å². The molecule has 0 aliphatic carbocycles. The Morgan fingerprint density at radius 3 is 2.45 bits per heavy atom. The molecule has 6 nitrogen and oxygen atoms in total. The number of amides is 1. The standard InChI is InChI=1S/C27H25N3O3/c1-17-7-11-19(12-8-17)26-23-24(21-5-3-4-6-22(21)31)28-29-25(23)27(32)30(26)16-15-18-9-13-20(33-2)14-10-18/h3-14,26,31H,15-16H2,1-2H3,(H,28,29)/t26-/m0/s1. The van der Waals surface area contributed by atoms with Gasteiger partial charge in [-0.1, -0.05) is 54.1 Å². The molecule has 166 valence electrons. The van der Waals surface area contributed by atoms with Crippen LogP contribution >= 0.6 is 0 Å². The maximum absolute atomic E-state index is 13.5. The minimum Gasteiger partial charge on any atom is -0.507 e. The molecule has 4 aromatic rings. The van der Waals surface area contributed by atoms with Crippen molar-refractivity contribution in [3.63, 3.8) is 0 Å². The first-order chi connectivity index (χ1) is 16.1. The van der Waals surface area contributed by atoms with Crippen LogP contribution in [0.5, 0.6) is 11.5 Å². The van der Waals surface area contributed by atoms with Crippen LogP contribution in [0.25, 0.3) is 11.3 Å². The summed E-state index contributed by atoms with van der Waals surface area (Å²) in [5.74, 6) is 0.860. The van der Waals surface area contributed by atoms with E-state index in [-0.39, 0.29) is 17.7 Å². The van der Waals surface area contributed by atoms with Gasteiger partial charge in [-0.25, -0.2) is 0 Å². The van der Waals surface area contributed by atoms with Gasteiger partial charge in [0.25, 0.3) is 5.91 Å². The number of nitrogens with one attached hydrogen (secondary N) is 1. The number of carbonyl (C=O) groups excluding carboxylic acids is 1. The number of nitrogens with zero attached hydrogens (tertiary/aromatic N) is 2. The van der Waals surface area contributed by atoms with Crippen molar-refractivity contribution >= 4 is 5.91 Å². The first-order valence-corrected chi connectivity index (χ1v) is 10.9. The minimum absolute atomic E-state index is 0.0849. The summed E-state index contributed by atoms with van der Waals surface area (Å²) in [5, 5.41) is 17.9. The van der Waals surface area contributed by atoms with Crippen molar-refractivity contribution in [3.8, 4) is 22.8 Å². The summed E-state index contributed by atoms with van der Waals surface area (Å²) >= 11 is 0. The summed E-state index contributed by atoms with van der Waals surface area (Å²) in [7, 11) is 1.65. The number of ether oxygens (including phenoxy) is 1. The predicted octanol–water partition coefficient (Wildman–Crippen LogP) is 4.89. The van der Waals surface area contributed by atoms with E-state index in [0.717, 1.165) is 28.0 Å². The van der Waals surface area contributed by atoms with Crippen LogP contribution in [0.15, 0.2) is 72.8 Å². The number of aromatic amines is 1. The van der Waals surface area contributed by atoms with Gasteiger partial charge in [0.15, 0.2) is 0 Å². The van der Waals surface area contributed by atoms with Crippen LogP contribution in [0.2, 0.25) is 0 Å². The number of fused-ring (bicyclic) bond motifs is 1. The molecule has 1 aliphatic rings. The highest BCUT2D eigenvalue weighted by Gasteiger charge is 2.42. The number of aryl methyl sites for hydroxylation is 1. The lowest BCUT2D eigenvalue weighted by atomic mass is 9.95. The van der Waals surface area contributed by atoms with Crippen LogP contribution in [0, 0.1) is 6.92 Å². The minimum atomic E-state index is -0.292. The van der Waals surface area contributed by atoms with Crippen molar-refractivity contribution in [1.29, 1.82) is 0 Å². The number of carbonyl (C=O) groups is 1. The summed E-state index contributed by atoms with van der Waals surface area (Å²) in [6.07, 6.45) is 0.710. The van der Waals surface area contributed by atoms with E-state index in [1.54, 1.807) is 19.2 Å². The number of benzene rings is 3. The molecule has 0 fully saturated rings. The van der Waals surface area contributed by atoms with Gasteiger partial charge in [0, 0.05) is 17.7 Å². The van der Waals surface area contributed by atoms with Crippen LogP contribution in [-0.4, -0.2) is 39.8 Å². The molecule has 0 saturated carbocycles. The van der Waals surface area contributed by atoms with E-state index >= 15 is 0 Å². The lowest BCUT2D eigenvalue weighted by Crippen LogP contribution is -2.31. The van der Waals surface area contributed by atoms with Gasteiger partial charge >= 0.3 is 0 Å². The lowest BCUT2D eigenvalue weighted by molar-refractivity contribution is 0.0746. The van der Waals surface area contributed by atoms with Crippen molar-refractivity contribution < 1.29 is 14.6 Å². The highest BCUT2D eigenvalue weighted by molar-refractivity contribution is 6.00. The van der Waals surface area contributed by atoms with E-state index in [9.17, 15) is 9.90 Å². The Morgan fingerprint density at radius 1 is 1.03 bits per heavy atom. The maximum Gasteiger partial charge on any atom is 0.273 e. The highest BCUT2D eigenvalue weighted by atomic mass is 16.5. The number of aromatic hydroxyl groups is 1. The Bertz CT molecular complexity index is 1290. The molecule has 1 aromatic heterocycles. The molecule has 2 N–H and O–H groups in total. The second-order valence-corrected chi connectivity index (χ2v) is 8.29. The Balaban J connectivity index is 1.54. The Hall–Kier alpha value is -4.06. The molecule has 3 aromatic carbocycles. The first kappa shape index (κ1) is 20.8. The molecule has 0 radical (unpaired) electrons. The summed E-state index contributed by atoms with van der Waals surface area (Å²) in [4.78, 5) is 15.4. The van der Waals surface area contributed by atoms with Crippen molar-refractivity contribution in [1.82, 2.24) is 15.1 Å². The monoisotopic (exact) mass is 439 g/mol. The second-order valence-electron chi connectivity index (χ2n) is 8.29. The van der Waals surface area contributed by atoms with E-state index in [1.165, 1.54) is 0 Å². The number of H-pyrrole nitrogens is 1. The largest absolute Gasteiger partial charge is 0.507 e. The van der Waals surface area contributed by atoms with Crippen LogP contribution in [0.1, 0.15) is 38.8 Å². The summed E-state index contributed by atoms with van der Waals surface area (Å²) in [6.45, 7) is 2.59. The molecule has 0 bridgehead atoms. The van der Waals surface area contributed by atoms with Crippen LogP contribution < -0.4 is 4.74 Å². The van der Waals surface area contributed by atoms with Gasteiger partial charge < -0.3 is 14.7 Å². The predicted molar refractivity (Wildman–Crippen MR) is 126 cm³/mol. The van der Waals surface area contributed by atoms with E-state index < -0.39 is 0 Å². The number of methoxy groups -OCH3 is 1. The fraction of sp³-hybridized carbons (Fsp3) is 0.185. The van der Waals surface area contributed by atoms with Gasteiger partial charge in [0.1, 0.15) is 22.9 Å². The number of rotatable bonds is 6. The fourth-order valence-corrected chi connectivity index (χ4v) is 4.44. The third-order valence-electron chi connectivity index (χ3n) is 6.22. The number of hydrogen-bond donors (Lipinski definition) is 2. The number of aromatic nitrogens is 2. The van der Waals surface area contributed by atoms with Crippen LogP contribution in [-0.2, 0) is 6.42 Å². The van der Waals surface area contributed by atoms with Crippen molar-refractivity contribution in [2.75, 3.05) is 13.7 Å². The second kappa shape index (κ2) is 8.47. The van der Waals surface area contributed by atoms with Crippen LogP contribution in [0.3, 0.4) is 0 Å². The van der Waals surface area contributed by atoms with Gasteiger partial charge in [-0.3, -0.25) is 9.89 Å². The third-order valence-corrected chi connectivity index (χ3v) is 6.22. The molecular weight excluding hydrogens is 414 g/mol. The first-order valence-electron chi connectivity index (χ1n) is 10.9. The zero-order valence-electron chi connectivity index (χ0n) is 18.6. The number of hydrogen-bond acceptors (Lipinski definition) is 4. The van der Waals surface area contributed by atoms with Crippen LogP contribution in [0.4, 0.5) is 0 Å². The molecular formula is C27H25N3O3. The highest BCUT2D eigenvalue weighted by Crippen LogP contribution is 2.44. The zero-order valence-corrected chi connectivity index (χ0v) is 18.6. The Kier molecular flexibility index (Phi) is 5.34. The van der Waals surface area contributed by atoms with Crippen molar-refractivity contribution in [2.24, 2.45) is 0 Å². The summed E-state index contributed by atoms with van der Waals surface area (Å²) in [6, 6.07) is 22.9. The Labute approximate surface area is 192 Å². The molecule has 6 heteroatoms. The molecule has 0 unspecified atom stereocenters. The molecule has 0 saturated heterocycles. The lowest BCUT2D eigenvalue weighted by Gasteiger charge is -2.26. The van der Waals surface area contributed by atoms with E-state index in [2.05, 4.69) is 34.5 Å². The Morgan fingerprint density at radius 2 is 1.76 bits per heavy atom. The quantitative estimate of drug-likeness (QED) is 0.449. The maximum atomic E-state index is 13.5. The fourth-order valence-electron chi connectivity index (χ4n) is 4.44. The third kappa shape index (κ3) is 3.74. The van der Waals surface area contributed by atoms with Gasteiger partial charge in [-0.05, 0) is 48.7 Å². The van der Waals surface area contributed by atoms with Gasteiger partial charge in [0.05, 0.1) is 13.2 Å². The smallest absolute Gasteiger partial charge is 0.273 e. The molecule has 2 heterocycles. The van der Waals surface area contributed by atoms with Gasteiger partial charge in [0.2, 0.25) is 0 Å². The summed E-state index contributed by atoms with van der Waals surface area (Å²) in [5.41, 5.74) is 5.79. The van der Waals surface area contributed by atoms with E-state index in [0.29, 0.717) is 29.9 Å². The molecule has 5 rings (SSSR count).